The van der Waals surface area contributed by atoms with Crippen molar-refractivity contribution in [1.82, 2.24) is 29.3 Å². The fourth-order valence-electron chi connectivity index (χ4n) is 4.72. The van der Waals surface area contributed by atoms with Crippen molar-refractivity contribution >= 4 is 17.2 Å². The lowest BCUT2D eigenvalue weighted by Crippen LogP contribution is -2.48. The van der Waals surface area contributed by atoms with E-state index in [9.17, 15) is 14.4 Å². The van der Waals surface area contributed by atoms with Crippen LogP contribution >= 0.6 is 0 Å². The smallest absolute Gasteiger partial charge is 0.276 e. The first kappa shape index (κ1) is 20.9. The van der Waals surface area contributed by atoms with Gasteiger partial charge >= 0.3 is 0 Å². The number of H-pyrrole nitrogens is 1. The van der Waals surface area contributed by atoms with E-state index in [1.165, 1.54) is 15.4 Å². The van der Waals surface area contributed by atoms with Gasteiger partial charge in [-0.05, 0) is 44.4 Å². The molecule has 1 N–H and O–H groups in total. The number of hydrogen-bond acceptors (Lipinski definition) is 5. The number of Topliss-reactive ketones (excluding diaryl/α,β-unsaturated/α-hetero) is 1. The minimum atomic E-state index is -0.563. The average molecular weight is 444 g/mol. The summed E-state index contributed by atoms with van der Waals surface area (Å²) in [5.74, 6) is 0.215. The number of hydrogen-bond donors (Lipinski definition) is 1. The van der Waals surface area contributed by atoms with Crippen molar-refractivity contribution in [2.75, 3.05) is 13.1 Å². The molecule has 0 bridgehead atoms. The number of nitrogens with zero attached hydrogens (tertiary/aromatic N) is 5. The van der Waals surface area contributed by atoms with E-state index in [1.54, 1.807) is 37.1 Å². The minimum Gasteiger partial charge on any atom is -0.338 e. The lowest BCUT2D eigenvalue weighted by atomic mass is 9.70. The number of carbonyl (C=O) groups excluding carboxylic acids is 2. The maximum Gasteiger partial charge on any atom is 0.276 e. The second-order valence-electron chi connectivity index (χ2n) is 8.47. The maximum atomic E-state index is 13.3. The molecule has 1 aliphatic heterocycles. The van der Waals surface area contributed by atoms with Crippen LogP contribution < -0.4 is 5.56 Å². The highest BCUT2D eigenvalue weighted by Gasteiger charge is 2.41. The fraction of sp³-hybridized carbons (Fsp3) is 0.292. The monoisotopic (exact) mass is 444 g/mol. The highest BCUT2D eigenvalue weighted by molar-refractivity contribution is 5.96. The van der Waals surface area contributed by atoms with Crippen LogP contribution in [0.25, 0.3) is 11.5 Å². The molecule has 3 aromatic heterocycles. The van der Waals surface area contributed by atoms with Crippen LogP contribution in [0.2, 0.25) is 0 Å². The molecule has 0 aliphatic carbocycles. The van der Waals surface area contributed by atoms with Crippen molar-refractivity contribution in [2.24, 2.45) is 0 Å². The predicted molar refractivity (Wildman–Crippen MR) is 122 cm³/mol. The zero-order chi connectivity index (χ0) is 23.2. The van der Waals surface area contributed by atoms with Crippen molar-refractivity contribution in [3.05, 3.63) is 82.0 Å². The number of benzene rings is 1. The molecule has 33 heavy (non-hydrogen) atoms. The maximum absolute atomic E-state index is 13.3. The summed E-state index contributed by atoms with van der Waals surface area (Å²) in [6.45, 7) is 4.35. The zero-order valence-electron chi connectivity index (χ0n) is 18.5. The van der Waals surface area contributed by atoms with Crippen LogP contribution in [0.4, 0.5) is 0 Å². The number of piperidine rings is 1. The molecule has 168 valence electrons. The number of ketones is 1. The van der Waals surface area contributed by atoms with Gasteiger partial charge in [0, 0.05) is 19.3 Å². The van der Waals surface area contributed by atoms with Gasteiger partial charge in [0.05, 0.1) is 22.9 Å². The first-order chi connectivity index (χ1) is 15.9. The number of amides is 1. The van der Waals surface area contributed by atoms with Gasteiger partial charge in [0.15, 0.2) is 0 Å². The van der Waals surface area contributed by atoms with Crippen LogP contribution in [-0.4, -0.2) is 54.1 Å². The highest BCUT2D eigenvalue weighted by Crippen LogP contribution is 2.37. The van der Waals surface area contributed by atoms with Crippen molar-refractivity contribution in [3.8, 4) is 5.95 Å². The van der Waals surface area contributed by atoms with E-state index in [2.05, 4.69) is 15.2 Å². The Morgan fingerprint density at radius 3 is 2.48 bits per heavy atom. The molecule has 1 saturated heterocycles. The third-order valence-electron chi connectivity index (χ3n) is 6.73. The van der Waals surface area contributed by atoms with E-state index < -0.39 is 5.41 Å². The molecule has 9 heteroatoms. The summed E-state index contributed by atoms with van der Waals surface area (Å²) >= 11 is 0. The molecule has 0 atom stereocenters. The SMILES string of the molecule is CC(=O)C1(c2ccccc2)CCN(C(=O)c2cnn(-c3nn4cccc4c(=O)[nH]3)c2C)CC1. The van der Waals surface area contributed by atoms with Gasteiger partial charge in [-0.3, -0.25) is 19.4 Å². The minimum absolute atomic E-state index is 0.125. The number of rotatable bonds is 4. The summed E-state index contributed by atoms with van der Waals surface area (Å²) in [5.41, 5.74) is 1.61. The average Bonchev–Trinajstić information content (AvgIpc) is 3.46. The first-order valence-corrected chi connectivity index (χ1v) is 10.9. The Morgan fingerprint density at radius 2 is 1.79 bits per heavy atom. The Hall–Kier alpha value is -4.01. The first-order valence-electron chi connectivity index (χ1n) is 10.9. The Morgan fingerprint density at radius 1 is 1.06 bits per heavy atom. The summed E-state index contributed by atoms with van der Waals surface area (Å²) in [7, 11) is 0. The number of likely N-dealkylation sites (tertiary alicyclic amines) is 1. The molecule has 1 aliphatic rings. The van der Waals surface area contributed by atoms with Crippen molar-refractivity contribution in [3.63, 3.8) is 0 Å². The number of aromatic nitrogens is 5. The predicted octanol–water partition coefficient (Wildman–Crippen LogP) is 2.28. The van der Waals surface area contributed by atoms with E-state index in [-0.39, 0.29) is 23.2 Å². The number of nitrogens with one attached hydrogen (secondary N) is 1. The summed E-state index contributed by atoms with van der Waals surface area (Å²) < 4.78 is 2.94. The third kappa shape index (κ3) is 3.36. The van der Waals surface area contributed by atoms with Crippen LogP contribution in [0.3, 0.4) is 0 Å². The van der Waals surface area contributed by atoms with E-state index in [1.807, 2.05) is 30.3 Å². The molecule has 0 unspecified atom stereocenters. The van der Waals surface area contributed by atoms with Gasteiger partial charge in [-0.15, -0.1) is 5.10 Å². The molecule has 4 heterocycles. The summed E-state index contributed by atoms with van der Waals surface area (Å²) in [4.78, 5) is 42.7. The molecule has 0 spiro atoms. The van der Waals surface area contributed by atoms with E-state index in [4.69, 9.17) is 0 Å². The molecule has 0 radical (unpaired) electrons. The largest absolute Gasteiger partial charge is 0.338 e. The quantitative estimate of drug-likeness (QED) is 0.520. The van der Waals surface area contributed by atoms with Crippen LogP contribution in [0.1, 0.15) is 41.4 Å². The van der Waals surface area contributed by atoms with Crippen molar-refractivity contribution < 1.29 is 9.59 Å². The van der Waals surface area contributed by atoms with E-state index in [0.29, 0.717) is 42.7 Å². The van der Waals surface area contributed by atoms with Gasteiger partial charge < -0.3 is 4.90 Å². The topological polar surface area (TPSA) is 105 Å². The van der Waals surface area contributed by atoms with Crippen LogP contribution in [0, 0.1) is 6.92 Å². The van der Waals surface area contributed by atoms with Gasteiger partial charge in [-0.2, -0.15) is 5.10 Å². The molecule has 5 rings (SSSR count). The Labute approximate surface area is 189 Å². The van der Waals surface area contributed by atoms with Crippen LogP contribution in [0.15, 0.2) is 59.7 Å². The Bertz CT molecular complexity index is 1410. The van der Waals surface area contributed by atoms with Crippen LogP contribution in [-0.2, 0) is 10.2 Å². The lowest BCUT2D eigenvalue weighted by Gasteiger charge is -2.40. The van der Waals surface area contributed by atoms with E-state index >= 15 is 0 Å². The van der Waals surface area contributed by atoms with Crippen molar-refractivity contribution in [1.29, 1.82) is 0 Å². The van der Waals surface area contributed by atoms with E-state index in [0.717, 1.165) is 5.56 Å². The molecule has 0 saturated carbocycles. The second kappa shape index (κ2) is 7.84. The third-order valence-corrected chi connectivity index (χ3v) is 6.73. The van der Waals surface area contributed by atoms with Gasteiger partial charge in [-0.1, -0.05) is 30.3 Å². The Kier molecular flexibility index (Phi) is 4.96. The van der Waals surface area contributed by atoms with Crippen LogP contribution in [0.5, 0.6) is 0 Å². The highest BCUT2D eigenvalue weighted by atomic mass is 16.2. The molecule has 4 aromatic rings. The zero-order valence-corrected chi connectivity index (χ0v) is 18.5. The molecular weight excluding hydrogens is 420 g/mol. The van der Waals surface area contributed by atoms with Gasteiger partial charge in [0.25, 0.3) is 11.5 Å². The molecule has 1 aromatic carbocycles. The van der Waals surface area contributed by atoms with Gasteiger partial charge in [0.1, 0.15) is 11.3 Å². The number of carbonyl (C=O) groups is 2. The molecule has 9 nitrogen and oxygen atoms in total. The molecule has 1 fully saturated rings. The summed E-state index contributed by atoms with van der Waals surface area (Å²) in [6, 6.07) is 13.2. The summed E-state index contributed by atoms with van der Waals surface area (Å²) in [5, 5.41) is 8.69. The number of aromatic amines is 1. The van der Waals surface area contributed by atoms with Gasteiger partial charge in [-0.25, -0.2) is 9.20 Å². The second-order valence-corrected chi connectivity index (χ2v) is 8.47. The molecule has 1 amide bonds. The molecular formula is C24H24N6O3. The van der Waals surface area contributed by atoms with Crippen molar-refractivity contribution in [2.45, 2.75) is 32.1 Å². The van der Waals surface area contributed by atoms with Gasteiger partial charge in [0.2, 0.25) is 5.95 Å². The standard InChI is InChI=1S/C24H24N6O3/c1-16-19(15-25-30(16)23-26-21(32)20-9-6-12-29(20)27-23)22(33)28-13-10-24(11-14-28,17(2)31)18-7-4-3-5-8-18/h3-9,12,15H,10-11,13-14H2,1-2H3,(H,26,27,32). The Balaban J connectivity index is 1.39. The normalized spacial score (nSPS) is 15.6. The summed E-state index contributed by atoms with van der Waals surface area (Å²) in [6.07, 6.45) is 4.33. The fourth-order valence-corrected chi connectivity index (χ4v) is 4.72. The number of fused-ring (bicyclic) bond motifs is 1. The lowest BCUT2D eigenvalue weighted by molar-refractivity contribution is -0.124.